The average molecular weight is 525 g/mol. The minimum absolute atomic E-state index is 0.112. The SMILES string of the molecule is CC(C)(C)[Si](C)(C)O[C@]12C(=O)C=CCC1[C@H](N1CCOCC1)c1onc(OCc3ccccc3)c1C2=O. The number of Topliss-reactive ketones (excluding diaryl/α,β-unsaturated/α-hetero) is 1. The molecule has 3 aliphatic rings. The molecule has 8 nitrogen and oxygen atoms in total. The fourth-order valence-corrected chi connectivity index (χ4v) is 6.78. The Bertz CT molecular complexity index is 1190. The van der Waals surface area contributed by atoms with Crippen LogP contribution in [0.1, 0.15) is 54.9 Å². The fraction of sp³-hybridized carbons (Fsp3) is 0.536. The fourth-order valence-electron chi connectivity index (χ4n) is 5.32. The lowest BCUT2D eigenvalue weighted by atomic mass is 9.65. The highest BCUT2D eigenvalue weighted by Crippen LogP contribution is 2.54. The summed E-state index contributed by atoms with van der Waals surface area (Å²) in [5.41, 5.74) is -0.482. The molecular formula is C28H36N2O6Si. The number of carbonyl (C=O) groups excluding carboxylic acids is 2. The van der Waals surface area contributed by atoms with Crippen molar-refractivity contribution in [3.63, 3.8) is 0 Å². The number of allylic oxidation sites excluding steroid dienone is 1. The maximum Gasteiger partial charge on any atom is 0.265 e. The summed E-state index contributed by atoms with van der Waals surface area (Å²) in [5.74, 6) is -0.580. The van der Waals surface area contributed by atoms with Crippen molar-refractivity contribution in [3.8, 4) is 5.88 Å². The Morgan fingerprint density at radius 3 is 2.51 bits per heavy atom. The van der Waals surface area contributed by atoms with Gasteiger partial charge in [-0.15, -0.1) is 0 Å². The lowest BCUT2D eigenvalue weighted by Gasteiger charge is -2.52. The van der Waals surface area contributed by atoms with Crippen molar-refractivity contribution in [3.05, 3.63) is 59.4 Å². The summed E-state index contributed by atoms with van der Waals surface area (Å²) >= 11 is 0. The third-order valence-electron chi connectivity index (χ3n) is 8.33. The van der Waals surface area contributed by atoms with Crippen molar-refractivity contribution in [1.29, 1.82) is 0 Å². The Kier molecular flexibility index (Phi) is 6.76. The zero-order valence-electron chi connectivity index (χ0n) is 22.3. The number of hydrogen-bond donors (Lipinski definition) is 0. The molecular weight excluding hydrogens is 488 g/mol. The number of ketones is 2. The van der Waals surface area contributed by atoms with Gasteiger partial charge in [0.15, 0.2) is 25.5 Å². The van der Waals surface area contributed by atoms with Gasteiger partial charge in [-0.3, -0.25) is 14.5 Å². The Morgan fingerprint density at radius 2 is 1.84 bits per heavy atom. The normalized spacial score (nSPS) is 26.6. The molecule has 0 saturated carbocycles. The molecule has 37 heavy (non-hydrogen) atoms. The molecule has 0 amide bonds. The van der Waals surface area contributed by atoms with E-state index in [2.05, 4.69) is 43.9 Å². The Morgan fingerprint density at radius 1 is 1.14 bits per heavy atom. The third-order valence-corrected chi connectivity index (χ3v) is 12.8. The summed E-state index contributed by atoms with van der Waals surface area (Å²) in [5, 5.41) is 4.01. The van der Waals surface area contributed by atoms with E-state index in [0.29, 0.717) is 38.5 Å². The highest BCUT2D eigenvalue weighted by Gasteiger charge is 2.65. The Hall–Kier alpha value is -2.59. The highest BCUT2D eigenvalue weighted by atomic mass is 28.4. The van der Waals surface area contributed by atoms with Crippen molar-refractivity contribution in [2.24, 2.45) is 5.92 Å². The Balaban J connectivity index is 1.64. The van der Waals surface area contributed by atoms with Gasteiger partial charge in [-0.05, 0) is 41.3 Å². The molecule has 2 aliphatic carbocycles. The average Bonchev–Trinajstić information content (AvgIpc) is 3.28. The van der Waals surface area contributed by atoms with E-state index in [1.165, 1.54) is 6.08 Å². The van der Waals surface area contributed by atoms with E-state index in [1.807, 2.05) is 36.4 Å². The van der Waals surface area contributed by atoms with Gasteiger partial charge in [0, 0.05) is 19.0 Å². The first kappa shape index (κ1) is 26.0. The summed E-state index contributed by atoms with van der Waals surface area (Å²) in [6, 6.07) is 9.31. The van der Waals surface area contributed by atoms with E-state index in [1.54, 1.807) is 0 Å². The molecule has 1 aromatic heterocycles. The number of hydrogen-bond acceptors (Lipinski definition) is 8. The van der Waals surface area contributed by atoms with Gasteiger partial charge in [0.2, 0.25) is 5.78 Å². The van der Waals surface area contributed by atoms with Crippen molar-refractivity contribution in [2.45, 2.75) is 63.6 Å². The van der Waals surface area contributed by atoms with E-state index < -0.39 is 25.6 Å². The standard InChI is InChI=1S/C28H36N2O6Si/c1-27(2,3)37(4,5)36-28-20(12-9-13-21(28)31)23(30-14-16-33-17-15-30)24-22(25(28)32)26(29-35-24)34-18-19-10-7-6-8-11-19/h6-11,13,20,23H,12,14-18H2,1-5H3/t20?,23-,28-/m0/s1. The molecule has 0 spiro atoms. The van der Waals surface area contributed by atoms with Crippen LogP contribution in [0.3, 0.4) is 0 Å². The maximum atomic E-state index is 14.5. The second-order valence-electron chi connectivity index (χ2n) is 11.6. The van der Waals surface area contributed by atoms with E-state index in [-0.39, 0.29) is 34.9 Å². The number of morpholine rings is 1. The van der Waals surface area contributed by atoms with Crippen molar-refractivity contribution < 1.29 is 28.0 Å². The first-order valence-corrected chi connectivity index (χ1v) is 15.9. The molecule has 1 fully saturated rings. The van der Waals surface area contributed by atoms with Crippen LogP contribution in [0.25, 0.3) is 0 Å². The van der Waals surface area contributed by atoms with Gasteiger partial charge in [0.25, 0.3) is 5.88 Å². The zero-order valence-corrected chi connectivity index (χ0v) is 23.3. The van der Waals surface area contributed by atoms with Gasteiger partial charge in [-0.2, -0.15) is 0 Å². The van der Waals surface area contributed by atoms with Gasteiger partial charge < -0.3 is 18.4 Å². The summed E-state index contributed by atoms with van der Waals surface area (Å²) in [4.78, 5) is 30.6. The predicted octanol–water partition coefficient (Wildman–Crippen LogP) is 4.73. The van der Waals surface area contributed by atoms with Crippen LogP contribution in [0.15, 0.2) is 47.0 Å². The third kappa shape index (κ3) is 4.41. The van der Waals surface area contributed by atoms with Gasteiger partial charge in [0.05, 0.1) is 19.3 Å². The number of rotatable bonds is 6. The molecule has 0 radical (unpaired) electrons. The lowest BCUT2D eigenvalue weighted by Crippen LogP contribution is -2.66. The second-order valence-corrected chi connectivity index (χ2v) is 16.4. The van der Waals surface area contributed by atoms with Gasteiger partial charge in [-0.25, -0.2) is 0 Å². The summed E-state index contributed by atoms with van der Waals surface area (Å²) in [6.45, 7) is 13.2. The monoisotopic (exact) mass is 524 g/mol. The lowest BCUT2D eigenvalue weighted by molar-refractivity contribution is -0.137. The second kappa shape index (κ2) is 9.61. The minimum atomic E-state index is -2.57. The van der Waals surface area contributed by atoms with E-state index in [0.717, 1.165) is 5.56 Å². The van der Waals surface area contributed by atoms with Crippen LogP contribution in [-0.2, 0) is 20.6 Å². The van der Waals surface area contributed by atoms with Gasteiger partial charge in [0.1, 0.15) is 12.2 Å². The summed E-state index contributed by atoms with van der Waals surface area (Å²) in [7, 11) is -2.57. The maximum absolute atomic E-state index is 14.5. The van der Waals surface area contributed by atoms with Crippen LogP contribution in [-0.4, -0.2) is 61.8 Å². The molecule has 3 atom stereocenters. The van der Waals surface area contributed by atoms with Crippen molar-refractivity contribution >= 4 is 19.9 Å². The summed E-state index contributed by atoms with van der Waals surface area (Å²) in [6.07, 6.45) is 3.89. The molecule has 1 saturated heterocycles. The molecule has 0 bridgehead atoms. The smallest absolute Gasteiger partial charge is 0.265 e. The molecule has 9 heteroatoms. The topological polar surface area (TPSA) is 91.1 Å². The number of ether oxygens (including phenoxy) is 2. The van der Waals surface area contributed by atoms with Crippen LogP contribution in [0, 0.1) is 5.92 Å². The number of fused-ring (bicyclic) bond motifs is 2. The number of carbonyl (C=O) groups is 2. The van der Waals surface area contributed by atoms with Gasteiger partial charge in [-0.1, -0.05) is 57.2 Å². The van der Waals surface area contributed by atoms with Crippen LogP contribution in [0.5, 0.6) is 5.88 Å². The van der Waals surface area contributed by atoms with Crippen LogP contribution >= 0.6 is 0 Å². The highest BCUT2D eigenvalue weighted by molar-refractivity contribution is 6.74. The van der Waals surface area contributed by atoms with Crippen LogP contribution in [0.2, 0.25) is 18.1 Å². The largest absolute Gasteiger partial charge is 0.470 e. The first-order chi connectivity index (χ1) is 17.6. The van der Waals surface area contributed by atoms with E-state index >= 15 is 0 Å². The molecule has 5 rings (SSSR count). The van der Waals surface area contributed by atoms with Crippen molar-refractivity contribution in [1.82, 2.24) is 10.1 Å². The van der Waals surface area contributed by atoms with Crippen LogP contribution < -0.4 is 4.74 Å². The van der Waals surface area contributed by atoms with Gasteiger partial charge >= 0.3 is 0 Å². The predicted molar refractivity (Wildman–Crippen MR) is 140 cm³/mol. The molecule has 1 aromatic carbocycles. The summed E-state index contributed by atoms with van der Waals surface area (Å²) < 4.78 is 24.5. The number of nitrogens with zero attached hydrogens (tertiary/aromatic N) is 2. The van der Waals surface area contributed by atoms with Crippen LogP contribution in [0.4, 0.5) is 0 Å². The Labute approximate surface area is 219 Å². The molecule has 2 aromatic rings. The molecule has 198 valence electrons. The molecule has 0 N–H and O–H groups in total. The number of benzene rings is 1. The molecule has 1 unspecified atom stereocenters. The quantitative estimate of drug-likeness (QED) is 0.396. The first-order valence-electron chi connectivity index (χ1n) is 13.0. The molecule has 1 aliphatic heterocycles. The van der Waals surface area contributed by atoms with E-state index in [4.69, 9.17) is 18.4 Å². The zero-order chi connectivity index (χ0) is 26.4. The molecule has 2 heterocycles. The minimum Gasteiger partial charge on any atom is -0.470 e. The van der Waals surface area contributed by atoms with Crippen molar-refractivity contribution in [2.75, 3.05) is 26.3 Å². The van der Waals surface area contributed by atoms with E-state index in [9.17, 15) is 9.59 Å². The number of aromatic nitrogens is 1.